The summed E-state index contributed by atoms with van der Waals surface area (Å²) in [6, 6.07) is 0. The van der Waals surface area contributed by atoms with Gasteiger partial charge in [0, 0.05) is 6.54 Å². The third-order valence-electron chi connectivity index (χ3n) is 1.67. The van der Waals surface area contributed by atoms with Crippen molar-refractivity contribution in [2.24, 2.45) is 0 Å². The van der Waals surface area contributed by atoms with Crippen molar-refractivity contribution >= 4 is 5.97 Å². The van der Waals surface area contributed by atoms with Crippen molar-refractivity contribution in [3.05, 3.63) is 11.9 Å². The number of carbonyl (C=O) groups is 1. The van der Waals surface area contributed by atoms with Crippen LogP contribution >= 0.6 is 0 Å². The molecule has 0 atom stereocenters. The van der Waals surface area contributed by atoms with Crippen molar-refractivity contribution in [2.75, 3.05) is 13.1 Å². The Morgan fingerprint density at radius 3 is 3.13 bits per heavy atom. The largest absolute Gasteiger partial charge is 0.476 e. The van der Waals surface area contributed by atoms with Crippen molar-refractivity contribution in [3.63, 3.8) is 0 Å². The fourth-order valence-electron chi connectivity index (χ4n) is 0.939. The maximum Gasteiger partial charge on any atom is 0.358 e. The maximum absolute atomic E-state index is 10.5. The molecule has 1 rings (SSSR count). The van der Waals surface area contributed by atoms with Crippen LogP contribution < -0.4 is 5.32 Å². The second-order valence-corrected chi connectivity index (χ2v) is 2.78. The number of rotatable bonds is 5. The summed E-state index contributed by atoms with van der Waals surface area (Å²) >= 11 is 0. The standard InChI is InChI=1S/C9H12N4O2/c1-2-3-4-10-5-6-13-7-8(9(14)15)11-12-13/h7,10H,4-6H2,1H3,(H,14,15). The average Bonchev–Trinajstić information content (AvgIpc) is 2.66. The number of carboxylic acids is 1. The first kappa shape index (κ1) is 11.2. The van der Waals surface area contributed by atoms with Crippen LogP contribution in [0, 0.1) is 11.8 Å². The zero-order valence-electron chi connectivity index (χ0n) is 8.40. The van der Waals surface area contributed by atoms with Crippen LogP contribution in [0.25, 0.3) is 0 Å². The molecule has 80 valence electrons. The van der Waals surface area contributed by atoms with Gasteiger partial charge in [-0.15, -0.1) is 11.0 Å². The third-order valence-corrected chi connectivity index (χ3v) is 1.67. The second kappa shape index (κ2) is 5.78. The molecular weight excluding hydrogens is 196 g/mol. The van der Waals surface area contributed by atoms with E-state index >= 15 is 0 Å². The van der Waals surface area contributed by atoms with Crippen LogP contribution in [-0.4, -0.2) is 39.2 Å². The summed E-state index contributed by atoms with van der Waals surface area (Å²) in [6.45, 7) is 3.65. The van der Waals surface area contributed by atoms with Gasteiger partial charge >= 0.3 is 5.97 Å². The molecule has 6 nitrogen and oxygen atoms in total. The highest BCUT2D eigenvalue weighted by Crippen LogP contribution is 1.91. The zero-order chi connectivity index (χ0) is 11.1. The van der Waals surface area contributed by atoms with E-state index in [1.54, 1.807) is 6.92 Å². The van der Waals surface area contributed by atoms with Gasteiger partial charge < -0.3 is 10.4 Å². The lowest BCUT2D eigenvalue weighted by Crippen LogP contribution is -2.20. The Balaban J connectivity index is 2.30. The zero-order valence-corrected chi connectivity index (χ0v) is 8.40. The van der Waals surface area contributed by atoms with Crippen molar-refractivity contribution in [1.82, 2.24) is 20.3 Å². The third kappa shape index (κ3) is 3.79. The van der Waals surface area contributed by atoms with Gasteiger partial charge in [-0.25, -0.2) is 4.79 Å². The highest BCUT2D eigenvalue weighted by Gasteiger charge is 2.07. The van der Waals surface area contributed by atoms with Gasteiger partial charge in [-0.05, 0) is 6.92 Å². The number of nitrogens with one attached hydrogen (secondary N) is 1. The molecule has 0 radical (unpaired) electrons. The van der Waals surface area contributed by atoms with Crippen molar-refractivity contribution < 1.29 is 9.90 Å². The average molecular weight is 208 g/mol. The number of carboxylic acid groups (broad SMARTS) is 1. The van der Waals surface area contributed by atoms with Gasteiger partial charge in [0.2, 0.25) is 0 Å². The van der Waals surface area contributed by atoms with Crippen LogP contribution in [0.15, 0.2) is 6.20 Å². The number of aromatic carboxylic acids is 1. The summed E-state index contributed by atoms with van der Waals surface area (Å²) in [6.07, 6.45) is 1.40. The molecule has 1 heterocycles. The van der Waals surface area contributed by atoms with Crippen molar-refractivity contribution in [1.29, 1.82) is 0 Å². The van der Waals surface area contributed by atoms with E-state index in [0.717, 1.165) is 0 Å². The van der Waals surface area contributed by atoms with E-state index in [1.807, 2.05) is 0 Å². The Morgan fingerprint density at radius 2 is 2.53 bits per heavy atom. The number of hydrogen-bond donors (Lipinski definition) is 2. The Hall–Kier alpha value is -1.87. The molecule has 0 aromatic carbocycles. The van der Waals surface area contributed by atoms with E-state index in [9.17, 15) is 4.79 Å². The molecule has 0 amide bonds. The fraction of sp³-hybridized carbons (Fsp3) is 0.444. The summed E-state index contributed by atoms with van der Waals surface area (Å²) in [5, 5.41) is 18.8. The molecule has 1 aromatic heterocycles. The predicted octanol–water partition coefficient (Wildman–Crippen LogP) is -0.411. The molecule has 0 aliphatic rings. The smallest absolute Gasteiger partial charge is 0.358 e. The first-order chi connectivity index (χ1) is 7.24. The Bertz CT molecular complexity index is 388. The number of nitrogens with zero attached hydrogens (tertiary/aromatic N) is 3. The molecule has 1 aromatic rings. The Labute approximate surface area is 87.3 Å². The van der Waals surface area contributed by atoms with E-state index in [2.05, 4.69) is 27.5 Å². The second-order valence-electron chi connectivity index (χ2n) is 2.78. The number of hydrogen-bond acceptors (Lipinski definition) is 4. The molecule has 2 N–H and O–H groups in total. The normalized spacial score (nSPS) is 9.40. The fourth-order valence-corrected chi connectivity index (χ4v) is 0.939. The van der Waals surface area contributed by atoms with Crippen LogP contribution in [0.3, 0.4) is 0 Å². The summed E-state index contributed by atoms with van der Waals surface area (Å²) in [4.78, 5) is 10.5. The first-order valence-corrected chi connectivity index (χ1v) is 4.48. The molecule has 0 spiro atoms. The van der Waals surface area contributed by atoms with Gasteiger partial charge in [0.05, 0.1) is 19.3 Å². The van der Waals surface area contributed by atoms with Gasteiger partial charge in [0.1, 0.15) is 0 Å². The highest BCUT2D eigenvalue weighted by molar-refractivity contribution is 5.84. The lowest BCUT2D eigenvalue weighted by molar-refractivity contribution is 0.0690. The Kier molecular flexibility index (Phi) is 4.31. The lowest BCUT2D eigenvalue weighted by Gasteiger charge is -1.99. The maximum atomic E-state index is 10.5. The lowest BCUT2D eigenvalue weighted by atomic mass is 10.5. The van der Waals surface area contributed by atoms with Gasteiger partial charge in [0.25, 0.3) is 0 Å². The van der Waals surface area contributed by atoms with Crippen LogP contribution in [-0.2, 0) is 6.54 Å². The molecule has 0 bridgehead atoms. The quantitative estimate of drug-likeness (QED) is 0.508. The van der Waals surface area contributed by atoms with E-state index in [1.165, 1.54) is 10.9 Å². The van der Waals surface area contributed by atoms with Gasteiger partial charge in [0.15, 0.2) is 5.69 Å². The van der Waals surface area contributed by atoms with Gasteiger partial charge in [-0.2, -0.15) is 0 Å². The number of aromatic nitrogens is 3. The summed E-state index contributed by atoms with van der Waals surface area (Å²) < 4.78 is 1.48. The minimum absolute atomic E-state index is 0.0386. The van der Waals surface area contributed by atoms with Crippen molar-refractivity contribution in [2.45, 2.75) is 13.5 Å². The molecule has 15 heavy (non-hydrogen) atoms. The van der Waals surface area contributed by atoms with E-state index in [0.29, 0.717) is 19.6 Å². The van der Waals surface area contributed by atoms with Crippen LogP contribution in [0.4, 0.5) is 0 Å². The minimum Gasteiger partial charge on any atom is -0.476 e. The van der Waals surface area contributed by atoms with E-state index in [4.69, 9.17) is 5.11 Å². The van der Waals surface area contributed by atoms with Crippen LogP contribution in [0.2, 0.25) is 0 Å². The first-order valence-electron chi connectivity index (χ1n) is 4.48. The summed E-state index contributed by atoms with van der Waals surface area (Å²) in [5.41, 5.74) is -0.0386. The minimum atomic E-state index is -1.06. The predicted molar refractivity (Wildman–Crippen MR) is 53.3 cm³/mol. The molecule has 0 saturated heterocycles. The van der Waals surface area contributed by atoms with Crippen LogP contribution in [0.5, 0.6) is 0 Å². The molecule has 6 heteroatoms. The van der Waals surface area contributed by atoms with Gasteiger partial charge in [-0.1, -0.05) is 11.1 Å². The molecule has 0 fully saturated rings. The topological polar surface area (TPSA) is 80.0 Å². The summed E-state index contributed by atoms with van der Waals surface area (Å²) in [5.74, 6) is 4.55. The van der Waals surface area contributed by atoms with E-state index < -0.39 is 5.97 Å². The summed E-state index contributed by atoms with van der Waals surface area (Å²) in [7, 11) is 0. The van der Waals surface area contributed by atoms with Gasteiger partial charge in [-0.3, -0.25) is 4.68 Å². The monoisotopic (exact) mass is 208 g/mol. The molecule has 0 aliphatic heterocycles. The van der Waals surface area contributed by atoms with E-state index in [-0.39, 0.29) is 5.69 Å². The Morgan fingerprint density at radius 1 is 1.73 bits per heavy atom. The molecule has 0 unspecified atom stereocenters. The van der Waals surface area contributed by atoms with Crippen LogP contribution in [0.1, 0.15) is 17.4 Å². The van der Waals surface area contributed by atoms with Crippen molar-refractivity contribution in [3.8, 4) is 11.8 Å². The SMILES string of the molecule is CC#CCNCCn1cc(C(=O)O)nn1. The molecule has 0 aliphatic carbocycles. The molecule has 0 saturated carbocycles. The highest BCUT2D eigenvalue weighted by atomic mass is 16.4. The molecular formula is C9H12N4O2.